The van der Waals surface area contributed by atoms with Gasteiger partial charge in [0.25, 0.3) is 5.91 Å². The molecule has 2 N–H and O–H groups in total. The summed E-state index contributed by atoms with van der Waals surface area (Å²) in [6.45, 7) is 2.58. The molecule has 0 saturated heterocycles. The van der Waals surface area contributed by atoms with Gasteiger partial charge in [-0.05, 0) is 49.2 Å². The monoisotopic (exact) mass is 394 g/mol. The molecular weight excluding hydrogens is 368 g/mol. The quantitative estimate of drug-likeness (QED) is 0.630. The van der Waals surface area contributed by atoms with Crippen molar-refractivity contribution >= 4 is 5.91 Å². The van der Waals surface area contributed by atoms with E-state index >= 15 is 0 Å². The first-order chi connectivity index (χ1) is 14.0. The van der Waals surface area contributed by atoms with Crippen LogP contribution in [0.25, 0.3) is 11.3 Å². The van der Waals surface area contributed by atoms with Gasteiger partial charge in [-0.25, -0.2) is 0 Å². The standard InChI is InChI=1S/C23H26N2O4/c1-15-18(23(24)26)14-19(17-7-5-6-8-20(17)27-2)25(15)12-11-16-9-10-21(28-3)22(13-16)29-4/h5-10,13-14H,11-12H2,1-4H3,(H2,24,26). The third-order valence-electron chi connectivity index (χ3n) is 5.09. The number of amides is 1. The van der Waals surface area contributed by atoms with Gasteiger partial charge in [0, 0.05) is 17.8 Å². The Balaban J connectivity index is 1.99. The van der Waals surface area contributed by atoms with Gasteiger partial charge in [-0.1, -0.05) is 18.2 Å². The van der Waals surface area contributed by atoms with E-state index in [2.05, 4.69) is 4.57 Å². The molecule has 0 aliphatic carbocycles. The normalized spacial score (nSPS) is 10.6. The van der Waals surface area contributed by atoms with Crippen LogP contribution in [0.5, 0.6) is 17.2 Å². The zero-order chi connectivity index (χ0) is 21.0. The Labute approximate surface area is 170 Å². The van der Waals surface area contributed by atoms with Crippen molar-refractivity contribution in [3.8, 4) is 28.5 Å². The molecule has 0 aliphatic rings. The second-order valence-electron chi connectivity index (χ2n) is 6.68. The van der Waals surface area contributed by atoms with E-state index in [9.17, 15) is 4.79 Å². The summed E-state index contributed by atoms with van der Waals surface area (Å²) in [4.78, 5) is 11.9. The van der Waals surface area contributed by atoms with Crippen molar-refractivity contribution in [1.29, 1.82) is 0 Å². The minimum absolute atomic E-state index is 0.441. The largest absolute Gasteiger partial charge is 0.496 e. The summed E-state index contributed by atoms with van der Waals surface area (Å²) in [5, 5.41) is 0. The molecule has 0 radical (unpaired) electrons. The molecule has 1 heterocycles. The van der Waals surface area contributed by atoms with E-state index in [0.29, 0.717) is 23.6 Å². The minimum Gasteiger partial charge on any atom is -0.496 e. The number of para-hydroxylation sites is 1. The molecule has 0 bridgehead atoms. The van der Waals surface area contributed by atoms with Gasteiger partial charge in [0.15, 0.2) is 11.5 Å². The molecular formula is C23H26N2O4. The zero-order valence-corrected chi connectivity index (χ0v) is 17.2. The first-order valence-electron chi connectivity index (χ1n) is 9.34. The number of aromatic nitrogens is 1. The average Bonchev–Trinajstić information content (AvgIpc) is 3.08. The lowest BCUT2D eigenvalue weighted by Gasteiger charge is -2.15. The average molecular weight is 394 g/mol. The van der Waals surface area contributed by atoms with E-state index in [1.165, 1.54) is 0 Å². The van der Waals surface area contributed by atoms with Crippen LogP contribution in [-0.2, 0) is 13.0 Å². The molecule has 0 spiro atoms. The molecule has 2 aromatic carbocycles. The Kier molecular flexibility index (Phi) is 6.12. The van der Waals surface area contributed by atoms with Gasteiger partial charge in [0.05, 0.1) is 32.6 Å². The number of carbonyl (C=O) groups is 1. The fraction of sp³-hybridized carbons (Fsp3) is 0.261. The molecule has 1 amide bonds. The molecule has 29 heavy (non-hydrogen) atoms. The first-order valence-corrected chi connectivity index (χ1v) is 9.34. The van der Waals surface area contributed by atoms with Crippen molar-refractivity contribution in [2.75, 3.05) is 21.3 Å². The van der Waals surface area contributed by atoms with Crippen LogP contribution in [-0.4, -0.2) is 31.8 Å². The summed E-state index contributed by atoms with van der Waals surface area (Å²) in [5.74, 6) is 1.69. The molecule has 6 nitrogen and oxygen atoms in total. The maximum atomic E-state index is 11.9. The van der Waals surface area contributed by atoms with E-state index in [-0.39, 0.29) is 0 Å². The lowest BCUT2D eigenvalue weighted by atomic mass is 10.1. The predicted octanol–water partition coefficient (Wildman–Crippen LogP) is 3.83. The number of ether oxygens (including phenoxy) is 3. The van der Waals surface area contributed by atoms with Crippen molar-refractivity contribution in [2.24, 2.45) is 5.73 Å². The van der Waals surface area contributed by atoms with Gasteiger partial charge >= 0.3 is 0 Å². The molecule has 3 rings (SSSR count). The van der Waals surface area contributed by atoms with Crippen LogP contribution in [0.1, 0.15) is 21.6 Å². The zero-order valence-electron chi connectivity index (χ0n) is 17.2. The molecule has 0 fully saturated rings. The highest BCUT2D eigenvalue weighted by Gasteiger charge is 2.19. The third kappa shape index (κ3) is 4.06. The summed E-state index contributed by atoms with van der Waals surface area (Å²) < 4.78 is 18.3. The van der Waals surface area contributed by atoms with Crippen LogP contribution in [0, 0.1) is 6.92 Å². The van der Waals surface area contributed by atoms with Gasteiger partial charge in [-0.15, -0.1) is 0 Å². The number of nitrogens with two attached hydrogens (primary N) is 1. The molecule has 0 atom stereocenters. The minimum atomic E-state index is -0.441. The van der Waals surface area contributed by atoms with Crippen LogP contribution in [0.15, 0.2) is 48.5 Å². The van der Waals surface area contributed by atoms with Crippen molar-refractivity contribution in [3.63, 3.8) is 0 Å². The lowest BCUT2D eigenvalue weighted by Crippen LogP contribution is -2.13. The fourth-order valence-electron chi connectivity index (χ4n) is 3.54. The summed E-state index contributed by atoms with van der Waals surface area (Å²) in [6, 6.07) is 15.5. The number of hydrogen-bond acceptors (Lipinski definition) is 4. The Hall–Kier alpha value is -3.41. The van der Waals surface area contributed by atoms with E-state index in [0.717, 1.165) is 34.7 Å². The van der Waals surface area contributed by atoms with E-state index in [1.807, 2.05) is 55.5 Å². The highest BCUT2D eigenvalue weighted by Crippen LogP contribution is 2.33. The number of primary amides is 1. The van der Waals surface area contributed by atoms with Crippen LogP contribution >= 0.6 is 0 Å². The summed E-state index contributed by atoms with van der Waals surface area (Å²) in [5.41, 5.74) is 9.86. The van der Waals surface area contributed by atoms with E-state index in [4.69, 9.17) is 19.9 Å². The topological polar surface area (TPSA) is 75.7 Å². The highest BCUT2D eigenvalue weighted by atomic mass is 16.5. The van der Waals surface area contributed by atoms with Gasteiger partial charge in [-0.3, -0.25) is 4.79 Å². The molecule has 6 heteroatoms. The summed E-state index contributed by atoms with van der Waals surface area (Å²) >= 11 is 0. The number of aryl methyl sites for hydroxylation is 1. The van der Waals surface area contributed by atoms with E-state index in [1.54, 1.807) is 21.3 Å². The predicted molar refractivity (Wildman–Crippen MR) is 113 cm³/mol. The van der Waals surface area contributed by atoms with Crippen LogP contribution in [0.4, 0.5) is 0 Å². The van der Waals surface area contributed by atoms with Crippen molar-refractivity contribution in [2.45, 2.75) is 19.9 Å². The molecule has 3 aromatic rings. The maximum Gasteiger partial charge on any atom is 0.250 e. The number of benzene rings is 2. The Morgan fingerprint density at radius 3 is 2.28 bits per heavy atom. The van der Waals surface area contributed by atoms with Crippen molar-refractivity contribution < 1.29 is 19.0 Å². The Bertz CT molecular complexity index is 1020. The smallest absolute Gasteiger partial charge is 0.250 e. The number of methoxy groups -OCH3 is 3. The van der Waals surface area contributed by atoms with Crippen LogP contribution in [0.3, 0.4) is 0 Å². The second kappa shape index (κ2) is 8.73. The van der Waals surface area contributed by atoms with Crippen LogP contribution in [0.2, 0.25) is 0 Å². The van der Waals surface area contributed by atoms with Gasteiger partial charge in [0.2, 0.25) is 0 Å². The molecule has 0 unspecified atom stereocenters. The second-order valence-corrected chi connectivity index (χ2v) is 6.68. The van der Waals surface area contributed by atoms with Gasteiger partial charge < -0.3 is 24.5 Å². The SMILES string of the molecule is COc1ccc(CCn2c(-c3ccccc3OC)cc(C(N)=O)c2C)cc1OC. The molecule has 152 valence electrons. The van der Waals surface area contributed by atoms with Gasteiger partial charge in [0.1, 0.15) is 5.75 Å². The first kappa shape index (κ1) is 20.3. The number of nitrogens with zero attached hydrogens (tertiary/aromatic N) is 1. The van der Waals surface area contributed by atoms with Crippen molar-refractivity contribution in [1.82, 2.24) is 4.57 Å². The number of carbonyl (C=O) groups excluding carboxylic acids is 1. The Morgan fingerprint density at radius 1 is 0.931 bits per heavy atom. The molecule has 0 aliphatic heterocycles. The number of rotatable bonds is 8. The molecule has 0 saturated carbocycles. The fourth-order valence-corrected chi connectivity index (χ4v) is 3.54. The lowest BCUT2D eigenvalue weighted by molar-refractivity contribution is 0.0999. The maximum absolute atomic E-state index is 11.9. The van der Waals surface area contributed by atoms with E-state index < -0.39 is 5.91 Å². The summed E-state index contributed by atoms with van der Waals surface area (Å²) in [7, 11) is 4.87. The third-order valence-corrected chi connectivity index (χ3v) is 5.09. The van der Waals surface area contributed by atoms with Gasteiger partial charge in [-0.2, -0.15) is 0 Å². The molecule has 1 aromatic heterocycles. The number of hydrogen-bond donors (Lipinski definition) is 1. The highest BCUT2D eigenvalue weighted by molar-refractivity contribution is 5.96. The van der Waals surface area contributed by atoms with Crippen molar-refractivity contribution in [3.05, 3.63) is 65.4 Å². The van der Waals surface area contributed by atoms with Crippen LogP contribution < -0.4 is 19.9 Å². The Morgan fingerprint density at radius 2 is 1.62 bits per heavy atom. The summed E-state index contributed by atoms with van der Waals surface area (Å²) in [6.07, 6.45) is 0.746.